The number of likely N-dealkylation sites (N-methyl/N-ethyl adjacent to an activating group) is 1. The van der Waals surface area contributed by atoms with Crippen LogP contribution in [0.4, 0.5) is 0 Å². The van der Waals surface area contributed by atoms with Crippen molar-refractivity contribution in [3.63, 3.8) is 0 Å². The summed E-state index contributed by atoms with van der Waals surface area (Å²) in [6, 6.07) is 7.75. The highest BCUT2D eigenvalue weighted by Crippen LogP contribution is 2.17. The van der Waals surface area contributed by atoms with Gasteiger partial charge in [-0.05, 0) is 70.0 Å². The van der Waals surface area contributed by atoms with Crippen LogP contribution in [0.25, 0.3) is 6.08 Å². The minimum absolute atomic E-state index is 0.138. The fourth-order valence-electron chi connectivity index (χ4n) is 3.07. The molecule has 40 heavy (non-hydrogen) atoms. The minimum atomic E-state index is 0.138. The number of rotatable bonds is 6. The molecular formula is C31H49N7O2. The Kier molecular flexibility index (Phi) is 16.0. The molecule has 3 rings (SSSR count). The van der Waals surface area contributed by atoms with Crippen LogP contribution in [-0.2, 0) is 4.79 Å². The number of imidazole rings is 1. The van der Waals surface area contributed by atoms with Crippen LogP contribution in [0, 0.1) is 23.2 Å². The lowest BCUT2D eigenvalue weighted by molar-refractivity contribution is -0.122. The number of amides is 1. The van der Waals surface area contributed by atoms with Crippen LogP contribution in [0.5, 0.6) is 0 Å². The van der Waals surface area contributed by atoms with Gasteiger partial charge in [0.2, 0.25) is 6.41 Å². The standard InChI is InChI=1S/C14H13N3O.C8H16N2O.C5H12.C4H8N2/c1-10-3-2-4-11(7-10)13(15)5-6-14-16-8-12(9-18)17-14;1-8(2)6-10(7-11)5-4-9(8)3;1-5(2,3)4;1-4(6)2-3-5/h2-9,15H,1H3,(H,16,17);7H,4-6H2,1-3H3;1-4H3;2-3,5H,6H2,1H3/b6-5-,15-13?;;;4-2-,5-3?. The highest BCUT2D eigenvalue weighted by Gasteiger charge is 2.30. The molecule has 0 atom stereocenters. The maximum absolute atomic E-state index is 10.5. The Hall–Kier alpha value is -3.85. The van der Waals surface area contributed by atoms with Crippen molar-refractivity contribution in [3.8, 4) is 0 Å². The summed E-state index contributed by atoms with van der Waals surface area (Å²) in [6.45, 7) is 19.5. The van der Waals surface area contributed by atoms with Crippen molar-refractivity contribution in [3.05, 3.63) is 71.0 Å². The van der Waals surface area contributed by atoms with Gasteiger partial charge in [0.05, 0.1) is 17.6 Å². The van der Waals surface area contributed by atoms with E-state index in [2.05, 4.69) is 63.5 Å². The lowest BCUT2D eigenvalue weighted by atomic mass is 10.0. The number of H-pyrrole nitrogens is 1. The van der Waals surface area contributed by atoms with Crippen LogP contribution in [0.15, 0.2) is 48.3 Å². The lowest BCUT2D eigenvalue weighted by Crippen LogP contribution is -2.57. The van der Waals surface area contributed by atoms with E-state index in [1.807, 2.05) is 36.1 Å². The first-order valence-electron chi connectivity index (χ1n) is 13.2. The molecule has 1 aliphatic heterocycles. The van der Waals surface area contributed by atoms with Crippen LogP contribution in [0.1, 0.15) is 75.9 Å². The molecule has 1 amide bonds. The molecule has 1 aromatic carbocycles. The van der Waals surface area contributed by atoms with Crippen molar-refractivity contribution >= 4 is 30.7 Å². The smallest absolute Gasteiger partial charge is 0.209 e. The molecule has 2 heterocycles. The van der Waals surface area contributed by atoms with Gasteiger partial charge in [-0.1, -0.05) is 51.5 Å². The Balaban J connectivity index is 0.000000587. The number of aromatic amines is 1. The number of aldehydes is 1. The fourth-order valence-corrected chi connectivity index (χ4v) is 3.07. The van der Waals surface area contributed by atoms with E-state index in [9.17, 15) is 9.59 Å². The molecule has 2 aromatic rings. The number of hydrogen-bond acceptors (Lipinski definition) is 7. The average molecular weight is 552 g/mol. The van der Waals surface area contributed by atoms with E-state index in [1.165, 1.54) is 12.3 Å². The normalized spacial score (nSPS) is 14.9. The van der Waals surface area contributed by atoms with Crippen LogP contribution in [0.2, 0.25) is 0 Å². The SMILES string of the molecule is C/C(N)=C/C=N.CC(C)(C)C.CN1CCN(C=O)CC1(C)C.Cc1cccc(C(=N)/C=C\c2ncc(C=O)[nH]2)c1. The fraction of sp³-hybridized carbons (Fsp3) is 0.452. The zero-order valence-corrected chi connectivity index (χ0v) is 25.7. The second-order valence-electron chi connectivity index (χ2n) is 11.8. The topological polar surface area (TPSA) is 143 Å². The molecule has 0 saturated carbocycles. The molecule has 0 unspecified atom stereocenters. The van der Waals surface area contributed by atoms with E-state index in [0.29, 0.717) is 34.6 Å². The van der Waals surface area contributed by atoms with Crippen molar-refractivity contribution in [1.29, 1.82) is 10.8 Å². The molecule has 220 valence electrons. The van der Waals surface area contributed by atoms with Crippen LogP contribution in [-0.4, -0.2) is 76.6 Å². The largest absolute Gasteiger partial charge is 0.402 e. The van der Waals surface area contributed by atoms with Crippen LogP contribution < -0.4 is 5.73 Å². The van der Waals surface area contributed by atoms with Gasteiger partial charge in [-0.15, -0.1) is 0 Å². The molecule has 0 bridgehead atoms. The third kappa shape index (κ3) is 16.9. The molecule has 5 N–H and O–H groups in total. The third-order valence-electron chi connectivity index (χ3n) is 5.32. The summed E-state index contributed by atoms with van der Waals surface area (Å²) in [7, 11) is 2.10. The Morgan fingerprint density at radius 3 is 2.23 bits per heavy atom. The zero-order valence-electron chi connectivity index (χ0n) is 25.7. The first-order valence-corrected chi connectivity index (χ1v) is 13.2. The lowest BCUT2D eigenvalue weighted by Gasteiger charge is -2.43. The van der Waals surface area contributed by atoms with Gasteiger partial charge in [-0.25, -0.2) is 4.98 Å². The molecule has 0 aliphatic carbocycles. The summed E-state index contributed by atoms with van der Waals surface area (Å²) in [5.74, 6) is 0.564. The number of carbonyl (C=O) groups is 2. The third-order valence-corrected chi connectivity index (χ3v) is 5.32. The zero-order chi connectivity index (χ0) is 30.9. The highest BCUT2D eigenvalue weighted by molar-refractivity contribution is 6.08. The molecule has 1 aromatic heterocycles. The van der Waals surface area contributed by atoms with Gasteiger partial charge in [0.15, 0.2) is 6.29 Å². The molecular weight excluding hydrogens is 502 g/mol. The van der Waals surface area contributed by atoms with E-state index in [-0.39, 0.29) is 5.54 Å². The number of aryl methyl sites for hydroxylation is 1. The number of piperazine rings is 1. The van der Waals surface area contributed by atoms with E-state index in [4.69, 9.17) is 16.6 Å². The summed E-state index contributed by atoms with van der Waals surface area (Å²) >= 11 is 0. The van der Waals surface area contributed by atoms with Crippen molar-refractivity contribution < 1.29 is 9.59 Å². The van der Waals surface area contributed by atoms with Gasteiger partial charge in [0, 0.05) is 37.1 Å². The number of nitrogens with zero attached hydrogens (tertiary/aromatic N) is 3. The predicted octanol–water partition coefficient (Wildman–Crippen LogP) is 5.33. The number of allylic oxidation sites excluding steroid dienone is 3. The van der Waals surface area contributed by atoms with Gasteiger partial charge in [-0.2, -0.15) is 0 Å². The van der Waals surface area contributed by atoms with Crippen LogP contribution in [0.3, 0.4) is 0 Å². The van der Waals surface area contributed by atoms with E-state index in [1.54, 1.807) is 19.1 Å². The molecule has 0 spiro atoms. The van der Waals surface area contributed by atoms with Gasteiger partial charge in [0.25, 0.3) is 0 Å². The summed E-state index contributed by atoms with van der Waals surface area (Å²) in [6.07, 6.45) is 9.13. The van der Waals surface area contributed by atoms with Crippen molar-refractivity contribution in [2.75, 3.05) is 26.7 Å². The van der Waals surface area contributed by atoms with Crippen molar-refractivity contribution in [2.24, 2.45) is 11.1 Å². The number of carbonyl (C=O) groups excluding carboxylic acids is 2. The van der Waals surface area contributed by atoms with Gasteiger partial charge in [-0.3, -0.25) is 14.5 Å². The maximum atomic E-state index is 10.5. The van der Waals surface area contributed by atoms with Crippen molar-refractivity contribution in [2.45, 2.75) is 60.9 Å². The molecule has 9 nitrogen and oxygen atoms in total. The number of benzene rings is 1. The van der Waals surface area contributed by atoms with E-state index < -0.39 is 0 Å². The first-order chi connectivity index (χ1) is 18.5. The Morgan fingerprint density at radius 2 is 1.80 bits per heavy atom. The Morgan fingerprint density at radius 1 is 1.18 bits per heavy atom. The predicted molar refractivity (Wildman–Crippen MR) is 167 cm³/mol. The monoisotopic (exact) mass is 551 g/mol. The van der Waals surface area contributed by atoms with Crippen molar-refractivity contribution in [1.82, 2.24) is 19.8 Å². The number of aromatic nitrogens is 2. The first kappa shape index (κ1) is 36.1. The second-order valence-corrected chi connectivity index (χ2v) is 11.8. The highest BCUT2D eigenvalue weighted by atomic mass is 16.1. The number of nitrogens with two attached hydrogens (primary N) is 1. The molecule has 1 aliphatic rings. The molecule has 1 saturated heterocycles. The summed E-state index contributed by atoms with van der Waals surface area (Å²) in [5, 5.41) is 14.4. The molecule has 9 heteroatoms. The molecule has 1 fully saturated rings. The second kappa shape index (κ2) is 17.7. The molecule has 0 radical (unpaired) electrons. The number of nitrogens with one attached hydrogen (secondary N) is 3. The van der Waals surface area contributed by atoms with Gasteiger partial charge >= 0.3 is 0 Å². The Labute approximate surface area is 240 Å². The van der Waals surface area contributed by atoms with Crippen LogP contribution >= 0.6 is 0 Å². The number of hydrogen-bond donors (Lipinski definition) is 4. The summed E-state index contributed by atoms with van der Waals surface area (Å²) < 4.78 is 0. The Bertz CT molecular complexity index is 1130. The quantitative estimate of drug-likeness (QED) is 0.283. The average Bonchev–Trinajstić information content (AvgIpc) is 3.32. The van der Waals surface area contributed by atoms with E-state index in [0.717, 1.165) is 43.4 Å². The summed E-state index contributed by atoms with van der Waals surface area (Å²) in [4.78, 5) is 31.9. The van der Waals surface area contributed by atoms with Gasteiger partial charge in [0.1, 0.15) is 5.82 Å². The maximum Gasteiger partial charge on any atom is 0.209 e. The summed E-state index contributed by atoms with van der Waals surface area (Å²) in [5.41, 5.74) is 9.23. The van der Waals surface area contributed by atoms with Gasteiger partial charge < -0.3 is 26.4 Å². The van der Waals surface area contributed by atoms with E-state index >= 15 is 0 Å². The minimum Gasteiger partial charge on any atom is -0.402 e.